The van der Waals surface area contributed by atoms with Gasteiger partial charge in [0.25, 0.3) is 0 Å². The molecule has 0 radical (unpaired) electrons. The van der Waals surface area contributed by atoms with Crippen LogP contribution in [0, 0.1) is 5.92 Å². The van der Waals surface area contributed by atoms with Crippen LogP contribution in [0.1, 0.15) is 18.4 Å². The summed E-state index contributed by atoms with van der Waals surface area (Å²) in [5, 5.41) is 8.62. The highest BCUT2D eigenvalue weighted by Crippen LogP contribution is 2.34. The Morgan fingerprint density at radius 1 is 1.32 bits per heavy atom. The number of rotatable bonds is 7. The maximum absolute atomic E-state index is 12.6. The Morgan fingerprint density at radius 2 is 2.14 bits per heavy atom. The molecule has 1 fully saturated rings. The number of nitrogens with one attached hydrogen (secondary N) is 1. The Labute approximate surface area is 162 Å². The molecule has 28 heavy (non-hydrogen) atoms. The summed E-state index contributed by atoms with van der Waals surface area (Å²) in [6.45, 7) is 1.73. The van der Waals surface area contributed by atoms with Crippen LogP contribution in [0.5, 0.6) is 5.75 Å². The Morgan fingerprint density at radius 3 is 2.86 bits per heavy atom. The molecule has 0 spiro atoms. The molecule has 0 amide bonds. The van der Waals surface area contributed by atoms with Gasteiger partial charge in [-0.25, -0.2) is 8.42 Å². The number of methoxy groups -OCH3 is 1. The monoisotopic (exact) mass is 406 g/mol. The minimum atomic E-state index is -3.57. The van der Waals surface area contributed by atoms with E-state index in [0.29, 0.717) is 36.5 Å². The van der Waals surface area contributed by atoms with E-state index >= 15 is 0 Å². The minimum Gasteiger partial charge on any atom is -0.496 e. The van der Waals surface area contributed by atoms with Gasteiger partial charge in [0.05, 0.1) is 19.4 Å². The number of hydrogen-bond acceptors (Lipinski definition) is 7. The second-order valence-corrected chi connectivity index (χ2v) is 8.61. The molecule has 2 aromatic heterocycles. The first-order chi connectivity index (χ1) is 13.5. The molecule has 0 bridgehead atoms. The van der Waals surface area contributed by atoms with Crippen LogP contribution in [0.4, 0.5) is 5.82 Å². The molecule has 1 aromatic carbocycles. The molecular formula is C18H22N4O5S. The average Bonchev–Trinajstić information content (AvgIpc) is 3.31. The number of ether oxygens (including phenoxy) is 2. The van der Waals surface area contributed by atoms with Crippen LogP contribution in [0.15, 0.2) is 35.1 Å². The van der Waals surface area contributed by atoms with Crippen molar-refractivity contribution in [3.8, 4) is 5.75 Å². The van der Waals surface area contributed by atoms with E-state index < -0.39 is 10.0 Å². The maximum atomic E-state index is 12.6. The van der Waals surface area contributed by atoms with Gasteiger partial charge in [-0.15, -0.1) is 0 Å². The number of fused-ring (bicyclic) bond motifs is 1. The van der Waals surface area contributed by atoms with Crippen LogP contribution >= 0.6 is 0 Å². The van der Waals surface area contributed by atoms with Crippen molar-refractivity contribution in [3.05, 3.63) is 36.2 Å². The van der Waals surface area contributed by atoms with Gasteiger partial charge in [0.1, 0.15) is 11.1 Å². The fourth-order valence-corrected chi connectivity index (χ4v) is 4.88. The largest absolute Gasteiger partial charge is 0.496 e. The van der Waals surface area contributed by atoms with Crippen LogP contribution in [0.3, 0.4) is 0 Å². The first kappa shape index (κ1) is 18.8. The predicted octanol–water partition coefficient (Wildman–Crippen LogP) is 2.25. The molecule has 4 rings (SSSR count). The van der Waals surface area contributed by atoms with Crippen molar-refractivity contribution in [2.75, 3.05) is 30.8 Å². The lowest BCUT2D eigenvalue weighted by Crippen LogP contribution is -2.27. The molecule has 3 aromatic rings. The SMILES string of the molecule is COc1cc(Cn2cccn2)cc2onc(NS(=O)(=O)CC3CCOCC3)c12. The third-order valence-electron chi connectivity index (χ3n) is 4.77. The van der Waals surface area contributed by atoms with E-state index in [0.717, 1.165) is 18.4 Å². The van der Waals surface area contributed by atoms with Crippen molar-refractivity contribution in [1.82, 2.24) is 14.9 Å². The van der Waals surface area contributed by atoms with Gasteiger partial charge >= 0.3 is 0 Å². The Kier molecular flexibility index (Phi) is 5.23. The minimum absolute atomic E-state index is 0.0322. The maximum Gasteiger partial charge on any atom is 0.234 e. The highest BCUT2D eigenvalue weighted by atomic mass is 32.2. The third-order valence-corrected chi connectivity index (χ3v) is 6.18. The van der Waals surface area contributed by atoms with Gasteiger partial charge in [-0.3, -0.25) is 9.40 Å². The summed E-state index contributed by atoms with van der Waals surface area (Å²) >= 11 is 0. The summed E-state index contributed by atoms with van der Waals surface area (Å²) < 4.78 is 45.7. The number of hydrogen-bond donors (Lipinski definition) is 1. The number of nitrogens with zero attached hydrogens (tertiary/aromatic N) is 3. The second kappa shape index (κ2) is 7.80. The molecule has 0 saturated carbocycles. The van der Waals surface area contributed by atoms with Crippen LogP contribution in [-0.4, -0.2) is 49.4 Å². The Balaban J connectivity index is 1.59. The summed E-state index contributed by atoms with van der Waals surface area (Å²) in [4.78, 5) is 0. The molecule has 0 unspecified atom stereocenters. The fourth-order valence-electron chi connectivity index (χ4n) is 3.41. The summed E-state index contributed by atoms with van der Waals surface area (Å²) in [7, 11) is -2.04. The molecule has 1 saturated heterocycles. The average molecular weight is 406 g/mol. The highest BCUT2D eigenvalue weighted by Gasteiger charge is 2.25. The highest BCUT2D eigenvalue weighted by molar-refractivity contribution is 7.92. The van der Waals surface area contributed by atoms with Crippen LogP contribution in [-0.2, 0) is 21.3 Å². The smallest absolute Gasteiger partial charge is 0.234 e. The first-order valence-corrected chi connectivity index (χ1v) is 10.7. The van der Waals surface area contributed by atoms with Gasteiger partial charge in [-0.2, -0.15) is 5.10 Å². The number of sulfonamides is 1. The third kappa shape index (κ3) is 4.12. The topological polar surface area (TPSA) is 108 Å². The Hall–Kier alpha value is -2.59. The van der Waals surface area contributed by atoms with Crippen molar-refractivity contribution in [2.24, 2.45) is 5.92 Å². The van der Waals surface area contributed by atoms with E-state index in [-0.39, 0.29) is 17.5 Å². The van der Waals surface area contributed by atoms with E-state index in [1.165, 1.54) is 7.11 Å². The standard InChI is InChI=1S/C18H22N4O5S/c1-25-15-9-14(11-22-6-2-5-19-22)10-16-17(15)18(20-27-16)21-28(23,24)12-13-3-7-26-8-4-13/h2,5-6,9-10,13H,3-4,7-8,11-12H2,1H3,(H,20,21). The Bertz CT molecular complexity index is 1040. The molecule has 1 aliphatic heterocycles. The molecule has 0 atom stereocenters. The molecular weight excluding hydrogens is 384 g/mol. The number of anilines is 1. The van der Waals surface area contributed by atoms with Crippen molar-refractivity contribution in [3.63, 3.8) is 0 Å². The van der Waals surface area contributed by atoms with Gasteiger partial charge in [0.2, 0.25) is 10.0 Å². The molecule has 1 aliphatic rings. The van der Waals surface area contributed by atoms with Crippen LogP contribution < -0.4 is 9.46 Å². The van der Waals surface area contributed by atoms with Gasteiger partial charge in [-0.05, 0) is 42.5 Å². The lowest BCUT2D eigenvalue weighted by Gasteiger charge is -2.21. The molecule has 1 N–H and O–H groups in total. The molecule has 0 aliphatic carbocycles. The predicted molar refractivity (Wildman–Crippen MR) is 103 cm³/mol. The van der Waals surface area contributed by atoms with Gasteiger partial charge in [-0.1, -0.05) is 5.16 Å². The van der Waals surface area contributed by atoms with Gasteiger partial charge < -0.3 is 14.0 Å². The van der Waals surface area contributed by atoms with Crippen LogP contribution in [0.2, 0.25) is 0 Å². The first-order valence-electron chi connectivity index (χ1n) is 9.06. The lowest BCUT2D eigenvalue weighted by atomic mass is 10.0. The van der Waals surface area contributed by atoms with E-state index in [1.54, 1.807) is 10.9 Å². The molecule has 9 nitrogen and oxygen atoms in total. The zero-order valence-electron chi connectivity index (χ0n) is 15.5. The number of benzene rings is 1. The van der Waals surface area contributed by atoms with Crippen LogP contribution in [0.25, 0.3) is 11.0 Å². The van der Waals surface area contributed by atoms with Gasteiger partial charge in [0, 0.05) is 25.6 Å². The van der Waals surface area contributed by atoms with E-state index in [4.69, 9.17) is 14.0 Å². The molecule has 150 valence electrons. The van der Waals surface area contributed by atoms with E-state index in [1.807, 2.05) is 24.4 Å². The van der Waals surface area contributed by atoms with Crippen molar-refractivity contribution in [2.45, 2.75) is 19.4 Å². The zero-order chi connectivity index (χ0) is 19.6. The van der Waals surface area contributed by atoms with E-state index in [2.05, 4.69) is 15.0 Å². The summed E-state index contributed by atoms with van der Waals surface area (Å²) in [6, 6.07) is 5.48. The van der Waals surface area contributed by atoms with Gasteiger partial charge in [0.15, 0.2) is 11.4 Å². The quantitative estimate of drug-likeness (QED) is 0.641. The summed E-state index contributed by atoms with van der Waals surface area (Å²) in [5.74, 6) is 0.742. The second-order valence-electron chi connectivity index (χ2n) is 6.85. The summed E-state index contributed by atoms with van der Waals surface area (Å²) in [5.41, 5.74) is 1.35. The van der Waals surface area contributed by atoms with Crippen molar-refractivity contribution < 1.29 is 22.4 Å². The molecule has 10 heteroatoms. The zero-order valence-corrected chi connectivity index (χ0v) is 16.3. The molecule has 3 heterocycles. The van der Waals surface area contributed by atoms with E-state index in [9.17, 15) is 8.42 Å². The van der Waals surface area contributed by atoms with Crippen molar-refractivity contribution in [1.29, 1.82) is 0 Å². The van der Waals surface area contributed by atoms with Crippen molar-refractivity contribution >= 4 is 26.8 Å². The summed E-state index contributed by atoms with van der Waals surface area (Å²) in [6.07, 6.45) is 5.03. The normalized spacial score (nSPS) is 15.8. The lowest BCUT2D eigenvalue weighted by molar-refractivity contribution is 0.0724. The fraction of sp³-hybridized carbons (Fsp3) is 0.444. The number of aromatic nitrogens is 3.